The first-order chi connectivity index (χ1) is 15.6. The molecule has 2 aromatic carbocycles. The van der Waals surface area contributed by atoms with Gasteiger partial charge in [-0.3, -0.25) is 9.69 Å². The maximum Gasteiger partial charge on any atom is 0.266 e. The summed E-state index contributed by atoms with van der Waals surface area (Å²) in [4.78, 5) is 20.2. The lowest BCUT2D eigenvalue weighted by Crippen LogP contribution is -2.30. The van der Waals surface area contributed by atoms with Crippen LogP contribution in [-0.2, 0) is 4.79 Å². The van der Waals surface area contributed by atoms with Crippen molar-refractivity contribution in [1.29, 1.82) is 0 Å². The number of hydrogen-bond acceptors (Lipinski definition) is 7. The van der Waals surface area contributed by atoms with Crippen molar-refractivity contribution >= 4 is 34.6 Å². The van der Waals surface area contributed by atoms with E-state index in [0.29, 0.717) is 28.7 Å². The molecule has 3 N–H and O–H groups in total. The number of para-hydroxylation sites is 1. The van der Waals surface area contributed by atoms with Crippen LogP contribution in [0, 0.1) is 0 Å². The molecular formula is C24H29N3O4S. The highest BCUT2D eigenvalue weighted by molar-refractivity contribution is 8.18. The largest absolute Gasteiger partial charge is 0.502 e. The molecule has 170 valence electrons. The number of unbranched alkanes of at least 4 members (excludes halogenated alkanes) is 3. The predicted octanol–water partition coefficient (Wildman–Crippen LogP) is 4.53. The van der Waals surface area contributed by atoms with E-state index in [-0.39, 0.29) is 23.2 Å². The number of aliphatic imine (C=N–C) groups is 1. The number of rotatable bonds is 10. The van der Waals surface area contributed by atoms with Crippen molar-refractivity contribution in [3.8, 4) is 17.2 Å². The molecule has 0 atom stereocenters. The number of nitrogens with two attached hydrogens (primary N) is 1. The number of carbonyl (C=O) groups excluding carboxylic acids is 1. The fourth-order valence-electron chi connectivity index (χ4n) is 3.32. The number of nitrogens with zero attached hydrogens (tertiary/aromatic N) is 2. The number of benzene rings is 2. The number of amidine groups is 1. The first kappa shape index (κ1) is 23.7. The van der Waals surface area contributed by atoms with E-state index >= 15 is 0 Å². The number of phenolic OH excluding ortho intramolecular Hbond substituents is 1. The van der Waals surface area contributed by atoms with Crippen LogP contribution in [0.2, 0.25) is 0 Å². The lowest BCUT2D eigenvalue weighted by molar-refractivity contribution is -0.122. The van der Waals surface area contributed by atoms with Gasteiger partial charge < -0.3 is 20.3 Å². The molecule has 0 unspecified atom stereocenters. The van der Waals surface area contributed by atoms with Crippen LogP contribution in [0.4, 0.5) is 5.69 Å². The van der Waals surface area contributed by atoms with Gasteiger partial charge in [0.1, 0.15) is 0 Å². The minimum atomic E-state index is -0.0884. The van der Waals surface area contributed by atoms with Crippen molar-refractivity contribution in [3.05, 3.63) is 52.9 Å². The third-order valence-electron chi connectivity index (χ3n) is 5.00. The lowest BCUT2D eigenvalue weighted by atomic mass is 10.1. The van der Waals surface area contributed by atoms with Gasteiger partial charge in [0.2, 0.25) is 5.75 Å². The molecule has 8 heteroatoms. The maximum absolute atomic E-state index is 13.2. The van der Waals surface area contributed by atoms with E-state index in [4.69, 9.17) is 20.2 Å². The number of hydrogen-bond donors (Lipinski definition) is 2. The summed E-state index contributed by atoms with van der Waals surface area (Å²) in [5.74, 6) is 0.394. The van der Waals surface area contributed by atoms with Crippen LogP contribution in [0.25, 0.3) is 6.08 Å². The zero-order valence-electron chi connectivity index (χ0n) is 18.4. The summed E-state index contributed by atoms with van der Waals surface area (Å²) in [5, 5.41) is 10.8. The summed E-state index contributed by atoms with van der Waals surface area (Å²) >= 11 is 1.34. The van der Waals surface area contributed by atoms with Gasteiger partial charge in [0.25, 0.3) is 5.91 Å². The Morgan fingerprint density at radius 2 is 1.72 bits per heavy atom. The molecule has 0 aliphatic carbocycles. The monoisotopic (exact) mass is 455 g/mol. The number of carbonyl (C=O) groups is 1. The SMILES string of the molecule is COc1cc(/C=C2\SC(=Nc3ccccc3)N(CCCCCCN)C2=O)cc(OC)c1O. The highest BCUT2D eigenvalue weighted by Gasteiger charge is 2.33. The quantitative estimate of drug-likeness (QED) is 0.403. The van der Waals surface area contributed by atoms with Gasteiger partial charge in [-0.05, 0) is 67.1 Å². The van der Waals surface area contributed by atoms with Crippen molar-refractivity contribution in [2.24, 2.45) is 10.7 Å². The molecule has 3 rings (SSSR count). The predicted molar refractivity (Wildman–Crippen MR) is 130 cm³/mol. The van der Waals surface area contributed by atoms with Crippen LogP contribution in [0.15, 0.2) is 52.4 Å². The van der Waals surface area contributed by atoms with Crippen LogP contribution in [-0.4, -0.2) is 48.4 Å². The zero-order valence-corrected chi connectivity index (χ0v) is 19.2. The van der Waals surface area contributed by atoms with Crippen LogP contribution >= 0.6 is 11.8 Å². The maximum atomic E-state index is 13.2. The van der Waals surface area contributed by atoms with Gasteiger partial charge in [-0.15, -0.1) is 0 Å². The Labute approximate surface area is 192 Å². The molecule has 32 heavy (non-hydrogen) atoms. The molecule has 2 aromatic rings. The van der Waals surface area contributed by atoms with Gasteiger partial charge in [-0.2, -0.15) is 0 Å². The van der Waals surface area contributed by atoms with E-state index < -0.39 is 0 Å². The van der Waals surface area contributed by atoms with Gasteiger partial charge in [0.05, 0.1) is 24.8 Å². The van der Waals surface area contributed by atoms with E-state index in [1.54, 1.807) is 23.1 Å². The van der Waals surface area contributed by atoms with E-state index in [9.17, 15) is 9.90 Å². The normalized spacial score (nSPS) is 16.2. The second-order valence-corrected chi connectivity index (χ2v) is 8.28. The Morgan fingerprint density at radius 1 is 1.06 bits per heavy atom. The average Bonchev–Trinajstić information content (AvgIpc) is 3.09. The Kier molecular flexibility index (Phi) is 8.58. The van der Waals surface area contributed by atoms with Crippen molar-refractivity contribution in [2.45, 2.75) is 25.7 Å². The Bertz CT molecular complexity index is 967. The molecule has 0 spiro atoms. The van der Waals surface area contributed by atoms with Gasteiger partial charge in [-0.25, -0.2) is 4.99 Å². The van der Waals surface area contributed by atoms with Crippen LogP contribution in [0.5, 0.6) is 17.2 Å². The summed E-state index contributed by atoms with van der Waals surface area (Å²) < 4.78 is 10.5. The number of amides is 1. The average molecular weight is 456 g/mol. The number of ether oxygens (including phenoxy) is 2. The fourth-order valence-corrected chi connectivity index (χ4v) is 4.34. The molecule has 1 aliphatic rings. The second kappa shape index (κ2) is 11.6. The summed E-state index contributed by atoms with van der Waals surface area (Å²) in [5.41, 5.74) is 7.06. The summed E-state index contributed by atoms with van der Waals surface area (Å²) in [7, 11) is 2.94. The number of methoxy groups -OCH3 is 2. The zero-order chi connectivity index (χ0) is 22.9. The van der Waals surface area contributed by atoms with E-state index in [0.717, 1.165) is 31.4 Å². The minimum absolute atomic E-state index is 0.0759. The van der Waals surface area contributed by atoms with Crippen LogP contribution in [0.1, 0.15) is 31.2 Å². The molecule has 7 nitrogen and oxygen atoms in total. The standard InChI is InChI=1S/C24H29N3O4S/c1-30-19-14-17(15-20(31-2)22(19)28)16-21-23(29)27(13-9-4-3-8-12-25)24(32-21)26-18-10-6-5-7-11-18/h5-7,10-11,14-16,28H,3-4,8-9,12-13,25H2,1-2H3/b21-16-,26-24?. The van der Waals surface area contributed by atoms with Crippen molar-refractivity contribution < 1.29 is 19.4 Å². The molecule has 1 saturated heterocycles. The van der Waals surface area contributed by atoms with Gasteiger partial charge >= 0.3 is 0 Å². The molecule has 0 aromatic heterocycles. The number of phenols is 1. The lowest BCUT2D eigenvalue weighted by Gasteiger charge is -2.15. The molecule has 1 amide bonds. The molecular weight excluding hydrogens is 426 g/mol. The van der Waals surface area contributed by atoms with Gasteiger partial charge in [0, 0.05) is 6.54 Å². The molecule has 0 saturated carbocycles. The first-order valence-corrected chi connectivity index (χ1v) is 11.4. The molecule has 0 bridgehead atoms. The summed E-state index contributed by atoms with van der Waals surface area (Å²) in [6.45, 7) is 1.29. The fraction of sp³-hybridized carbons (Fsp3) is 0.333. The summed E-state index contributed by atoms with van der Waals surface area (Å²) in [6, 6.07) is 12.9. The third-order valence-corrected chi connectivity index (χ3v) is 6.01. The highest BCUT2D eigenvalue weighted by Crippen LogP contribution is 2.40. The van der Waals surface area contributed by atoms with E-state index in [1.807, 2.05) is 30.3 Å². The number of thioether (sulfide) groups is 1. The van der Waals surface area contributed by atoms with Gasteiger partial charge in [0.15, 0.2) is 16.7 Å². The third kappa shape index (κ3) is 5.83. The highest BCUT2D eigenvalue weighted by atomic mass is 32.2. The topological polar surface area (TPSA) is 97.4 Å². The summed E-state index contributed by atoms with van der Waals surface area (Å²) in [6.07, 6.45) is 5.70. The Balaban J connectivity index is 1.89. The Hall–Kier alpha value is -2.97. The van der Waals surface area contributed by atoms with Gasteiger partial charge in [-0.1, -0.05) is 31.0 Å². The van der Waals surface area contributed by atoms with Crippen LogP contribution < -0.4 is 15.2 Å². The van der Waals surface area contributed by atoms with E-state index in [1.165, 1.54) is 26.0 Å². The van der Waals surface area contributed by atoms with Crippen molar-refractivity contribution in [3.63, 3.8) is 0 Å². The van der Waals surface area contributed by atoms with Crippen LogP contribution in [0.3, 0.4) is 0 Å². The smallest absolute Gasteiger partial charge is 0.266 e. The van der Waals surface area contributed by atoms with Crippen molar-refractivity contribution in [2.75, 3.05) is 27.3 Å². The number of aromatic hydroxyl groups is 1. The first-order valence-electron chi connectivity index (χ1n) is 10.6. The molecule has 1 heterocycles. The second-order valence-electron chi connectivity index (χ2n) is 7.27. The van der Waals surface area contributed by atoms with Crippen molar-refractivity contribution in [1.82, 2.24) is 4.90 Å². The minimum Gasteiger partial charge on any atom is -0.502 e. The Morgan fingerprint density at radius 3 is 2.34 bits per heavy atom. The van der Waals surface area contributed by atoms with E-state index in [2.05, 4.69) is 0 Å². The molecule has 1 aliphatic heterocycles. The molecule has 0 radical (unpaired) electrons. The molecule has 1 fully saturated rings.